The lowest BCUT2D eigenvalue weighted by molar-refractivity contribution is -0.140. The van der Waals surface area contributed by atoms with E-state index in [-0.39, 0.29) is 5.69 Å². The number of nitrogens with zero attached hydrogens (tertiary/aromatic N) is 2. The third-order valence-corrected chi connectivity index (χ3v) is 2.38. The minimum Gasteiger partial charge on any atom is -0.480 e. The number of hydrogen-bond acceptors (Lipinski definition) is 4. The molecule has 3 N–H and O–H groups in total. The molecule has 7 nitrogen and oxygen atoms in total. The first-order valence-corrected chi connectivity index (χ1v) is 5.20. The van der Waals surface area contributed by atoms with Gasteiger partial charge in [0.25, 0.3) is 5.91 Å². The minimum absolute atomic E-state index is 0.0981. The molecule has 1 amide bonds. The van der Waals surface area contributed by atoms with Crippen LogP contribution in [0.15, 0.2) is 30.6 Å². The molecule has 7 heteroatoms. The zero-order valence-corrected chi connectivity index (χ0v) is 9.28. The molecule has 0 unspecified atom stereocenters. The largest absolute Gasteiger partial charge is 0.480 e. The first kappa shape index (κ1) is 12.1. The average molecular weight is 249 g/mol. The summed E-state index contributed by atoms with van der Waals surface area (Å²) < 4.78 is 1.64. The topological polar surface area (TPSA) is 104 Å². The summed E-state index contributed by atoms with van der Waals surface area (Å²) in [6.45, 7) is -0.672. The summed E-state index contributed by atoms with van der Waals surface area (Å²) in [4.78, 5) is 26.4. The van der Waals surface area contributed by atoms with Gasteiger partial charge in [-0.15, -0.1) is 0 Å². The highest BCUT2D eigenvalue weighted by Crippen LogP contribution is 2.04. The van der Waals surface area contributed by atoms with Crippen LogP contribution >= 0.6 is 0 Å². The van der Waals surface area contributed by atoms with E-state index >= 15 is 0 Å². The van der Waals surface area contributed by atoms with Gasteiger partial charge in [0.1, 0.15) is 11.3 Å². The van der Waals surface area contributed by atoms with Crippen molar-refractivity contribution in [1.29, 1.82) is 0 Å². The van der Waals surface area contributed by atoms with E-state index in [4.69, 9.17) is 10.2 Å². The van der Waals surface area contributed by atoms with Crippen LogP contribution in [0.3, 0.4) is 0 Å². The fourth-order valence-corrected chi connectivity index (χ4v) is 1.46. The number of hydrogen-bond donors (Lipinski definition) is 3. The molecule has 18 heavy (non-hydrogen) atoms. The quantitative estimate of drug-likeness (QED) is 0.678. The molecule has 0 spiro atoms. The Morgan fingerprint density at radius 1 is 1.44 bits per heavy atom. The van der Waals surface area contributed by atoms with E-state index in [1.807, 2.05) is 0 Å². The van der Waals surface area contributed by atoms with Crippen molar-refractivity contribution < 1.29 is 19.8 Å². The molecule has 2 heterocycles. The van der Waals surface area contributed by atoms with E-state index < -0.39 is 24.5 Å². The molecule has 0 aliphatic carbocycles. The van der Waals surface area contributed by atoms with E-state index in [1.54, 1.807) is 28.8 Å². The number of aliphatic hydroxyl groups excluding tert-OH is 1. The Morgan fingerprint density at radius 2 is 2.22 bits per heavy atom. The molecule has 2 aromatic rings. The fraction of sp³-hybridized carbons (Fsp3) is 0.182. The number of imidazole rings is 1. The van der Waals surface area contributed by atoms with Crippen molar-refractivity contribution >= 4 is 17.5 Å². The van der Waals surface area contributed by atoms with Gasteiger partial charge in [0.15, 0.2) is 6.04 Å². The third-order valence-electron chi connectivity index (χ3n) is 2.38. The van der Waals surface area contributed by atoms with Gasteiger partial charge in [-0.2, -0.15) is 0 Å². The van der Waals surface area contributed by atoms with Crippen LogP contribution in [0.5, 0.6) is 0 Å². The molecule has 0 saturated carbocycles. The predicted molar refractivity (Wildman–Crippen MR) is 61.2 cm³/mol. The molecule has 1 atom stereocenters. The van der Waals surface area contributed by atoms with Crippen molar-refractivity contribution in [3.63, 3.8) is 0 Å². The summed E-state index contributed by atoms with van der Waals surface area (Å²) in [6.07, 6.45) is 3.21. The Kier molecular flexibility index (Phi) is 3.24. The number of nitrogens with one attached hydrogen (secondary N) is 1. The molecule has 94 valence electrons. The van der Waals surface area contributed by atoms with Crippen molar-refractivity contribution in [3.05, 3.63) is 36.3 Å². The fourth-order valence-electron chi connectivity index (χ4n) is 1.46. The first-order chi connectivity index (χ1) is 8.61. The summed E-state index contributed by atoms with van der Waals surface area (Å²) in [5.74, 6) is -1.94. The molecular weight excluding hydrogens is 238 g/mol. The Bertz CT molecular complexity index is 560. The Labute approximate surface area is 102 Å². The van der Waals surface area contributed by atoms with Gasteiger partial charge in [-0.05, 0) is 12.1 Å². The Balaban J connectivity index is 2.20. The van der Waals surface area contributed by atoms with Crippen LogP contribution in [0.1, 0.15) is 10.5 Å². The van der Waals surface area contributed by atoms with Crippen LogP contribution in [0.25, 0.3) is 5.65 Å². The van der Waals surface area contributed by atoms with Gasteiger partial charge in [0.05, 0.1) is 6.61 Å². The molecule has 0 aliphatic heterocycles. The van der Waals surface area contributed by atoms with Crippen molar-refractivity contribution in [2.24, 2.45) is 0 Å². The second kappa shape index (κ2) is 4.84. The van der Waals surface area contributed by atoms with Gasteiger partial charge in [-0.1, -0.05) is 6.07 Å². The molecule has 0 aromatic carbocycles. The standard InChI is InChI=1S/C11H11N3O4/c15-6-8(11(17)18)13-10(16)7-5-14-4-2-1-3-9(14)12-7/h1-5,8,15H,6H2,(H,13,16)(H,17,18)/t8-/m1/s1. The van der Waals surface area contributed by atoms with E-state index in [2.05, 4.69) is 10.3 Å². The number of aromatic nitrogens is 2. The normalized spacial score (nSPS) is 12.3. The number of aliphatic carboxylic acids is 1. The van der Waals surface area contributed by atoms with Gasteiger partial charge in [-0.25, -0.2) is 9.78 Å². The molecule has 0 bridgehead atoms. The predicted octanol–water partition coefficient (Wildman–Crippen LogP) is -0.490. The van der Waals surface area contributed by atoms with Crippen LogP contribution in [0, 0.1) is 0 Å². The van der Waals surface area contributed by atoms with Gasteiger partial charge in [-0.3, -0.25) is 4.79 Å². The number of amides is 1. The number of carboxylic acid groups (broad SMARTS) is 1. The van der Waals surface area contributed by atoms with E-state index in [0.29, 0.717) is 5.65 Å². The molecular formula is C11H11N3O4. The minimum atomic E-state index is -1.33. The number of fused-ring (bicyclic) bond motifs is 1. The Hall–Kier alpha value is -2.41. The molecule has 0 fully saturated rings. The zero-order chi connectivity index (χ0) is 13.1. The highest BCUT2D eigenvalue weighted by molar-refractivity contribution is 5.95. The molecule has 0 saturated heterocycles. The molecule has 2 rings (SSSR count). The highest BCUT2D eigenvalue weighted by atomic mass is 16.4. The average Bonchev–Trinajstić information content (AvgIpc) is 2.79. The Morgan fingerprint density at radius 3 is 2.83 bits per heavy atom. The van der Waals surface area contributed by atoms with Gasteiger partial charge in [0, 0.05) is 12.4 Å². The number of pyridine rings is 1. The van der Waals surface area contributed by atoms with Crippen molar-refractivity contribution in [2.75, 3.05) is 6.61 Å². The van der Waals surface area contributed by atoms with E-state index in [0.717, 1.165) is 0 Å². The number of rotatable bonds is 4. The van der Waals surface area contributed by atoms with Crippen LogP contribution in [0.2, 0.25) is 0 Å². The van der Waals surface area contributed by atoms with Crippen LogP contribution in [-0.4, -0.2) is 44.1 Å². The summed E-state index contributed by atoms with van der Waals surface area (Å²) in [5, 5.41) is 19.7. The number of carbonyl (C=O) groups is 2. The van der Waals surface area contributed by atoms with Crippen molar-refractivity contribution in [3.8, 4) is 0 Å². The smallest absolute Gasteiger partial charge is 0.328 e. The molecule has 0 aliphatic rings. The highest BCUT2D eigenvalue weighted by Gasteiger charge is 2.20. The SMILES string of the molecule is O=C(N[C@H](CO)C(=O)O)c1cn2ccccc2n1. The maximum Gasteiger partial charge on any atom is 0.328 e. The third kappa shape index (κ3) is 2.30. The van der Waals surface area contributed by atoms with Gasteiger partial charge < -0.3 is 19.9 Å². The zero-order valence-electron chi connectivity index (χ0n) is 9.28. The van der Waals surface area contributed by atoms with Gasteiger partial charge in [0.2, 0.25) is 0 Å². The number of carbonyl (C=O) groups excluding carboxylic acids is 1. The number of carboxylic acids is 1. The van der Waals surface area contributed by atoms with Crippen molar-refractivity contribution in [1.82, 2.24) is 14.7 Å². The van der Waals surface area contributed by atoms with Crippen LogP contribution in [-0.2, 0) is 4.79 Å². The second-order valence-corrected chi connectivity index (χ2v) is 3.64. The van der Waals surface area contributed by atoms with Crippen LogP contribution < -0.4 is 5.32 Å². The lowest BCUT2D eigenvalue weighted by Crippen LogP contribution is -2.43. The summed E-state index contributed by atoms with van der Waals surface area (Å²) in [6, 6.07) is 3.95. The lowest BCUT2D eigenvalue weighted by Gasteiger charge is -2.09. The van der Waals surface area contributed by atoms with Crippen molar-refractivity contribution in [2.45, 2.75) is 6.04 Å². The maximum atomic E-state index is 11.7. The summed E-state index contributed by atoms with van der Waals surface area (Å²) >= 11 is 0. The molecule has 2 aromatic heterocycles. The van der Waals surface area contributed by atoms with Gasteiger partial charge >= 0.3 is 5.97 Å². The summed E-state index contributed by atoms with van der Waals surface area (Å²) in [7, 11) is 0. The number of aliphatic hydroxyl groups is 1. The monoisotopic (exact) mass is 249 g/mol. The van der Waals surface area contributed by atoms with Crippen LogP contribution in [0.4, 0.5) is 0 Å². The first-order valence-electron chi connectivity index (χ1n) is 5.20. The molecule has 0 radical (unpaired) electrons. The maximum absolute atomic E-state index is 11.7. The van der Waals surface area contributed by atoms with E-state index in [1.165, 1.54) is 6.20 Å². The van der Waals surface area contributed by atoms with E-state index in [9.17, 15) is 9.59 Å². The summed E-state index contributed by atoms with van der Waals surface area (Å²) in [5.41, 5.74) is 0.680. The second-order valence-electron chi connectivity index (χ2n) is 3.64. The lowest BCUT2D eigenvalue weighted by atomic mass is 10.3.